The Balaban J connectivity index is 1.60. The van der Waals surface area contributed by atoms with E-state index in [4.69, 9.17) is 4.74 Å². The second-order valence-electron chi connectivity index (χ2n) is 9.96. The van der Waals surface area contributed by atoms with E-state index in [0.29, 0.717) is 14.8 Å². The highest BCUT2D eigenvalue weighted by atomic mass is 32.3. The summed E-state index contributed by atoms with van der Waals surface area (Å²) in [7, 11) is -9.10. The molecule has 7 nitrogen and oxygen atoms in total. The van der Waals surface area contributed by atoms with Crippen LogP contribution in [-0.4, -0.2) is 39.2 Å². The summed E-state index contributed by atoms with van der Waals surface area (Å²) in [6.45, 7) is 3.05. The third-order valence-corrected chi connectivity index (χ3v) is 11.5. The lowest BCUT2D eigenvalue weighted by atomic mass is 9.72. The molecule has 0 saturated carbocycles. The van der Waals surface area contributed by atoms with Gasteiger partial charge in [0.15, 0.2) is 0 Å². The summed E-state index contributed by atoms with van der Waals surface area (Å²) in [5.74, 6) is -0.560. The molecule has 1 fully saturated rings. The number of nitrogens with zero attached hydrogens (tertiary/aromatic N) is 1. The molecule has 206 valence electrons. The van der Waals surface area contributed by atoms with Crippen molar-refractivity contribution in [1.82, 2.24) is 3.71 Å². The molecule has 40 heavy (non-hydrogen) atoms. The summed E-state index contributed by atoms with van der Waals surface area (Å²) >= 11 is 0. The van der Waals surface area contributed by atoms with E-state index in [2.05, 4.69) is 0 Å². The van der Waals surface area contributed by atoms with Gasteiger partial charge in [-0.25, -0.2) is 16.8 Å². The molecular weight excluding hydrogens is 546 g/mol. The summed E-state index contributed by atoms with van der Waals surface area (Å²) < 4.78 is 61.9. The Bertz CT molecular complexity index is 1600. The van der Waals surface area contributed by atoms with Crippen molar-refractivity contribution in [2.75, 3.05) is 6.54 Å². The van der Waals surface area contributed by atoms with Crippen molar-refractivity contribution in [2.24, 2.45) is 0 Å². The van der Waals surface area contributed by atoms with E-state index in [1.165, 1.54) is 24.3 Å². The van der Waals surface area contributed by atoms with Gasteiger partial charge in [-0.1, -0.05) is 99.8 Å². The second-order valence-corrected chi connectivity index (χ2v) is 13.9. The molecule has 0 bridgehead atoms. The predicted molar refractivity (Wildman–Crippen MR) is 152 cm³/mol. The predicted octanol–water partition coefficient (Wildman–Crippen LogP) is 4.98. The van der Waals surface area contributed by atoms with Crippen LogP contribution in [0.4, 0.5) is 0 Å². The molecule has 4 aromatic carbocycles. The first-order valence-corrected chi connectivity index (χ1v) is 15.7. The first kappa shape index (κ1) is 27.8. The monoisotopic (exact) mass is 575 g/mol. The van der Waals surface area contributed by atoms with Gasteiger partial charge in [0, 0.05) is 6.42 Å². The first-order chi connectivity index (χ1) is 19.0. The largest absolute Gasteiger partial charge is 0.460 e. The van der Waals surface area contributed by atoms with Gasteiger partial charge in [-0.05, 0) is 49.2 Å². The average molecular weight is 576 g/mol. The smallest absolute Gasteiger partial charge is 0.321 e. The van der Waals surface area contributed by atoms with Gasteiger partial charge in [-0.2, -0.15) is 0 Å². The van der Waals surface area contributed by atoms with Gasteiger partial charge in [0.05, 0.1) is 16.3 Å². The fraction of sp³-hybridized carbons (Fsp3) is 0.194. The zero-order chi connectivity index (χ0) is 28.5. The maximum absolute atomic E-state index is 13.9. The Morgan fingerprint density at radius 2 is 1.07 bits per heavy atom. The zero-order valence-electron chi connectivity index (χ0n) is 22.1. The Labute approximate surface area is 235 Å². The van der Waals surface area contributed by atoms with Crippen LogP contribution in [0.15, 0.2) is 119 Å². The molecule has 9 heteroatoms. The highest BCUT2D eigenvalue weighted by Gasteiger charge is 2.53. The third-order valence-electron chi connectivity index (χ3n) is 7.22. The highest BCUT2D eigenvalue weighted by Crippen LogP contribution is 2.44. The van der Waals surface area contributed by atoms with Crippen molar-refractivity contribution < 1.29 is 26.4 Å². The lowest BCUT2D eigenvalue weighted by Gasteiger charge is -2.27. The van der Waals surface area contributed by atoms with E-state index < -0.39 is 44.1 Å². The molecule has 0 N–H and O–H groups in total. The van der Waals surface area contributed by atoms with Crippen LogP contribution in [0.25, 0.3) is 0 Å². The highest BCUT2D eigenvalue weighted by molar-refractivity contribution is 8.04. The number of ether oxygens (including phenoxy) is 1. The molecule has 0 unspecified atom stereocenters. The minimum atomic E-state index is -4.55. The number of benzene rings is 4. The van der Waals surface area contributed by atoms with E-state index in [1.54, 1.807) is 24.3 Å². The van der Waals surface area contributed by atoms with Crippen molar-refractivity contribution in [3.05, 3.63) is 131 Å². The molecular formula is C31H29NO6S2. The van der Waals surface area contributed by atoms with Crippen LogP contribution in [0.1, 0.15) is 28.7 Å². The van der Waals surface area contributed by atoms with E-state index in [-0.39, 0.29) is 16.2 Å². The first-order valence-electron chi connectivity index (χ1n) is 12.8. The van der Waals surface area contributed by atoms with Crippen molar-refractivity contribution in [1.29, 1.82) is 0 Å². The number of carbonyl (C=O) groups excluding carboxylic acids is 1. The molecule has 1 heterocycles. The van der Waals surface area contributed by atoms with Crippen LogP contribution in [0.5, 0.6) is 0 Å². The quantitative estimate of drug-likeness (QED) is 0.275. The molecule has 5 rings (SSSR count). The lowest BCUT2D eigenvalue weighted by Crippen LogP contribution is -2.42. The Morgan fingerprint density at radius 3 is 1.48 bits per heavy atom. The Kier molecular flexibility index (Phi) is 7.39. The van der Waals surface area contributed by atoms with Crippen LogP contribution in [0.3, 0.4) is 0 Å². The maximum atomic E-state index is 13.9. The van der Waals surface area contributed by atoms with E-state index in [9.17, 15) is 21.6 Å². The molecule has 1 atom stereocenters. The van der Waals surface area contributed by atoms with Crippen LogP contribution in [0, 0.1) is 13.8 Å². The molecule has 0 radical (unpaired) electrons. The fourth-order valence-electron chi connectivity index (χ4n) is 5.05. The standard InChI is InChI=1S/C31H29NO6S2/c1-23-13-17-28(18-14-23)39(34,35)32(40(36,37)29-19-15-24(2)16-20-29)22-27-21-31(30(33)38-27,25-9-5-3-6-10-25)26-11-7-4-8-12-26/h3-20,27H,21-22H2,1-2H3/t27-/m0/s1. The van der Waals surface area contributed by atoms with Crippen LogP contribution < -0.4 is 0 Å². The molecule has 1 saturated heterocycles. The number of aryl methyl sites for hydroxylation is 2. The van der Waals surface area contributed by atoms with Gasteiger partial charge in [-0.3, -0.25) is 4.79 Å². The van der Waals surface area contributed by atoms with Gasteiger partial charge in [-0.15, -0.1) is 0 Å². The van der Waals surface area contributed by atoms with Crippen LogP contribution in [0.2, 0.25) is 0 Å². The topological polar surface area (TPSA) is 97.8 Å². The van der Waals surface area contributed by atoms with Crippen molar-refractivity contribution in [2.45, 2.75) is 41.6 Å². The van der Waals surface area contributed by atoms with Gasteiger partial charge < -0.3 is 4.74 Å². The summed E-state index contributed by atoms with van der Waals surface area (Å²) in [6.07, 6.45) is -0.975. The molecule has 1 aliphatic heterocycles. The van der Waals surface area contributed by atoms with Gasteiger partial charge in [0.2, 0.25) is 0 Å². The third kappa shape index (κ3) is 4.96. The maximum Gasteiger partial charge on any atom is 0.321 e. The number of hydrogen-bond acceptors (Lipinski definition) is 6. The van der Waals surface area contributed by atoms with E-state index in [1.807, 2.05) is 74.5 Å². The molecule has 1 aliphatic rings. The molecule has 0 amide bonds. The fourth-order valence-corrected chi connectivity index (χ4v) is 8.76. The molecule has 0 aliphatic carbocycles. The number of sulfonamides is 2. The molecule has 4 aromatic rings. The lowest BCUT2D eigenvalue weighted by molar-refractivity contribution is -0.144. The summed E-state index contributed by atoms with van der Waals surface area (Å²) in [5.41, 5.74) is 1.80. The van der Waals surface area contributed by atoms with Crippen LogP contribution >= 0.6 is 0 Å². The summed E-state index contributed by atoms with van der Waals surface area (Å²) in [4.78, 5) is 13.3. The van der Waals surface area contributed by atoms with E-state index in [0.717, 1.165) is 11.1 Å². The van der Waals surface area contributed by atoms with Gasteiger partial charge >= 0.3 is 5.97 Å². The van der Waals surface area contributed by atoms with Crippen molar-refractivity contribution >= 4 is 26.0 Å². The normalized spacial score (nSPS) is 17.1. The molecule has 0 spiro atoms. The minimum Gasteiger partial charge on any atom is -0.460 e. The summed E-state index contributed by atoms with van der Waals surface area (Å²) in [5, 5.41) is 0. The number of hydrogen-bond donors (Lipinski definition) is 0. The Morgan fingerprint density at radius 1 is 0.675 bits per heavy atom. The van der Waals surface area contributed by atoms with Crippen LogP contribution in [-0.2, 0) is 35.0 Å². The second kappa shape index (κ2) is 10.6. The van der Waals surface area contributed by atoms with Gasteiger partial charge in [0.25, 0.3) is 20.0 Å². The number of cyclic esters (lactones) is 1. The van der Waals surface area contributed by atoms with Crippen molar-refractivity contribution in [3.8, 4) is 0 Å². The average Bonchev–Trinajstić information content (AvgIpc) is 3.29. The van der Waals surface area contributed by atoms with Crippen molar-refractivity contribution in [3.63, 3.8) is 0 Å². The zero-order valence-corrected chi connectivity index (χ0v) is 23.7. The SMILES string of the molecule is Cc1ccc(S(=O)(=O)N(C[C@@H]2CC(c3ccccc3)(c3ccccc3)C(=O)O2)S(=O)(=O)c2ccc(C)cc2)cc1. The number of carbonyl (C=O) groups is 1. The minimum absolute atomic E-state index is 0.0587. The summed E-state index contributed by atoms with van der Waals surface area (Å²) in [6, 6.07) is 30.1. The van der Waals surface area contributed by atoms with E-state index >= 15 is 0 Å². The number of esters is 1. The number of rotatable bonds is 8. The van der Waals surface area contributed by atoms with Gasteiger partial charge in [0.1, 0.15) is 11.5 Å². The molecule has 0 aromatic heterocycles. The Hall–Kier alpha value is -3.79.